The molecule has 0 saturated carbocycles. The van der Waals surface area contributed by atoms with Crippen molar-refractivity contribution in [1.82, 2.24) is 4.90 Å². The Morgan fingerprint density at radius 2 is 1.59 bits per heavy atom. The lowest BCUT2D eigenvalue weighted by molar-refractivity contribution is -0.109. The van der Waals surface area contributed by atoms with E-state index in [1.165, 1.54) is 5.56 Å². The van der Waals surface area contributed by atoms with Gasteiger partial charge in [-0.1, -0.05) is 66.7 Å². The van der Waals surface area contributed by atoms with Crippen molar-refractivity contribution in [3.8, 4) is 0 Å². The van der Waals surface area contributed by atoms with E-state index in [0.29, 0.717) is 25.1 Å². The summed E-state index contributed by atoms with van der Waals surface area (Å²) in [4.78, 5) is 14.2. The zero-order valence-electron chi connectivity index (χ0n) is 19.9. The van der Waals surface area contributed by atoms with Crippen molar-refractivity contribution in [3.63, 3.8) is 0 Å². The number of ether oxygens (including phenoxy) is 1. The number of aldehydes is 1. The van der Waals surface area contributed by atoms with Crippen molar-refractivity contribution in [2.24, 2.45) is 5.92 Å². The summed E-state index contributed by atoms with van der Waals surface area (Å²) in [6, 6.07) is 21.9. The Morgan fingerprint density at radius 3 is 2.19 bits per heavy atom. The molecule has 0 saturated heterocycles. The van der Waals surface area contributed by atoms with Crippen LogP contribution in [0.3, 0.4) is 0 Å². The molecule has 32 heavy (non-hydrogen) atoms. The Labute approximate surface area is 193 Å². The third-order valence-electron chi connectivity index (χ3n) is 6.25. The van der Waals surface area contributed by atoms with E-state index in [2.05, 4.69) is 87.2 Å². The highest BCUT2D eigenvalue weighted by Crippen LogP contribution is 2.37. The molecule has 0 radical (unpaired) electrons. The molecule has 2 atom stereocenters. The highest BCUT2D eigenvalue weighted by molar-refractivity contribution is 5.60. The minimum atomic E-state index is -0.0911. The van der Waals surface area contributed by atoms with E-state index in [-0.39, 0.29) is 11.8 Å². The van der Waals surface area contributed by atoms with Crippen molar-refractivity contribution in [2.45, 2.75) is 65.1 Å². The van der Waals surface area contributed by atoms with Crippen LogP contribution in [0.4, 0.5) is 0 Å². The number of allylic oxidation sites excluding steroid dienone is 3. The molecule has 1 aliphatic carbocycles. The van der Waals surface area contributed by atoms with E-state index in [1.807, 2.05) is 18.2 Å². The number of carbonyl (C=O) groups is 1. The molecule has 3 nitrogen and oxygen atoms in total. The lowest BCUT2D eigenvalue weighted by atomic mass is 9.82. The summed E-state index contributed by atoms with van der Waals surface area (Å²) < 4.78 is 6.34. The molecule has 0 aliphatic heterocycles. The molecule has 1 aliphatic rings. The Kier molecular flexibility index (Phi) is 8.87. The van der Waals surface area contributed by atoms with Crippen LogP contribution >= 0.6 is 0 Å². The molecule has 3 heteroatoms. The smallest absolute Gasteiger partial charge is 0.127 e. The molecule has 0 heterocycles. The third kappa shape index (κ3) is 6.43. The van der Waals surface area contributed by atoms with Gasteiger partial charge < -0.3 is 9.53 Å². The van der Waals surface area contributed by atoms with Gasteiger partial charge in [-0.25, -0.2) is 0 Å². The number of nitrogens with zero attached hydrogens (tertiary/aromatic N) is 1. The molecule has 2 aromatic rings. The van der Waals surface area contributed by atoms with Gasteiger partial charge in [-0.2, -0.15) is 0 Å². The quantitative estimate of drug-likeness (QED) is 0.379. The van der Waals surface area contributed by atoms with Crippen LogP contribution in [0, 0.1) is 5.92 Å². The predicted octanol–water partition coefficient (Wildman–Crippen LogP) is 6.53. The molecule has 2 aromatic carbocycles. The molecule has 3 rings (SSSR count). The van der Waals surface area contributed by atoms with E-state index in [4.69, 9.17) is 4.74 Å². The summed E-state index contributed by atoms with van der Waals surface area (Å²) in [5, 5.41) is 0. The van der Waals surface area contributed by atoms with Crippen LogP contribution in [-0.4, -0.2) is 29.8 Å². The minimum Gasteiger partial charge on any atom is -0.489 e. The van der Waals surface area contributed by atoms with Crippen molar-refractivity contribution in [3.05, 3.63) is 95.3 Å². The zero-order valence-corrected chi connectivity index (χ0v) is 19.9. The number of hydrogen-bond acceptors (Lipinski definition) is 3. The van der Waals surface area contributed by atoms with Gasteiger partial charge in [-0.15, -0.1) is 0 Å². The summed E-state index contributed by atoms with van der Waals surface area (Å²) in [5.74, 6) is 1.01. The van der Waals surface area contributed by atoms with Crippen LogP contribution in [-0.2, 0) is 16.1 Å². The van der Waals surface area contributed by atoms with Gasteiger partial charge in [0.05, 0.1) is 0 Å². The van der Waals surface area contributed by atoms with Crippen LogP contribution in [0.5, 0.6) is 0 Å². The first-order chi connectivity index (χ1) is 15.5. The molecule has 170 valence electrons. The summed E-state index contributed by atoms with van der Waals surface area (Å²) in [7, 11) is 0. The van der Waals surface area contributed by atoms with E-state index < -0.39 is 0 Å². The maximum absolute atomic E-state index is 11.7. The zero-order chi connectivity index (χ0) is 22.9. The SMILES string of the molecule is CC(C)N(CC[C@@H](C1=CC(C=O)CC=C1OCc1ccccc1)c1ccccc1)C(C)C. The molecular formula is C29H37NO2. The fraction of sp³-hybridized carbons (Fsp3) is 0.414. The van der Waals surface area contributed by atoms with Gasteiger partial charge in [0.25, 0.3) is 0 Å². The first kappa shape index (κ1) is 24.0. The van der Waals surface area contributed by atoms with Crippen LogP contribution in [0.1, 0.15) is 57.6 Å². The molecule has 0 amide bonds. The first-order valence-electron chi connectivity index (χ1n) is 11.8. The van der Waals surface area contributed by atoms with Crippen LogP contribution in [0.2, 0.25) is 0 Å². The molecule has 0 aromatic heterocycles. The van der Waals surface area contributed by atoms with Gasteiger partial charge in [0.1, 0.15) is 18.7 Å². The summed E-state index contributed by atoms with van der Waals surface area (Å²) >= 11 is 0. The van der Waals surface area contributed by atoms with Gasteiger partial charge in [-0.05, 0) is 69.9 Å². The summed E-state index contributed by atoms with van der Waals surface area (Å²) in [6.45, 7) is 10.6. The van der Waals surface area contributed by atoms with Crippen LogP contribution in [0.25, 0.3) is 0 Å². The van der Waals surface area contributed by atoms with Crippen molar-refractivity contribution >= 4 is 6.29 Å². The second-order valence-corrected chi connectivity index (χ2v) is 9.18. The number of hydrogen-bond donors (Lipinski definition) is 0. The van der Waals surface area contributed by atoms with E-state index in [1.54, 1.807) is 0 Å². The van der Waals surface area contributed by atoms with Gasteiger partial charge >= 0.3 is 0 Å². The minimum absolute atomic E-state index is 0.0911. The monoisotopic (exact) mass is 431 g/mol. The summed E-state index contributed by atoms with van der Waals surface area (Å²) in [5.41, 5.74) is 3.56. The highest BCUT2D eigenvalue weighted by Gasteiger charge is 2.27. The number of benzene rings is 2. The Morgan fingerprint density at radius 1 is 0.969 bits per heavy atom. The number of carbonyl (C=O) groups excluding carboxylic acids is 1. The van der Waals surface area contributed by atoms with Crippen molar-refractivity contribution in [2.75, 3.05) is 6.54 Å². The summed E-state index contributed by atoms with van der Waals surface area (Å²) in [6.07, 6.45) is 6.98. The molecular weight excluding hydrogens is 394 g/mol. The molecule has 0 spiro atoms. The van der Waals surface area contributed by atoms with Gasteiger partial charge in [0, 0.05) is 23.9 Å². The molecule has 0 bridgehead atoms. The lowest BCUT2D eigenvalue weighted by Gasteiger charge is -2.33. The normalized spacial score (nSPS) is 17.3. The molecule has 1 unspecified atom stereocenters. The van der Waals surface area contributed by atoms with E-state index in [9.17, 15) is 4.79 Å². The maximum atomic E-state index is 11.7. The van der Waals surface area contributed by atoms with Crippen molar-refractivity contribution < 1.29 is 9.53 Å². The molecule has 0 N–H and O–H groups in total. The van der Waals surface area contributed by atoms with E-state index in [0.717, 1.165) is 36.1 Å². The largest absolute Gasteiger partial charge is 0.489 e. The maximum Gasteiger partial charge on any atom is 0.127 e. The van der Waals surface area contributed by atoms with Gasteiger partial charge in [0.15, 0.2) is 0 Å². The Bertz CT molecular complexity index is 891. The third-order valence-corrected chi connectivity index (χ3v) is 6.25. The second kappa shape index (κ2) is 11.8. The lowest BCUT2D eigenvalue weighted by Crippen LogP contribution is -2.38. The standard InChI is InChI=1S/C29H37NO2/c1-22(2)30(23(3)4)18-17-27(26-13-9-6-10-14-26)28-19-25(20-31)15-16-29(28)32-21-24-11-7-5-8-12-24/h5-14,16,19-20,22-23,25,27H,15,17-18,21H2,1-4H3/t25?,27-/m1/s1. The highest BCUT2D eigenvalue weighted by atomic mass is 16.5. The van der Waals surface area contributed by atoms with E-state index >= 15 is 0 Å². The predicted molar refractivity (Wildman–Crippen MR) is 132 cm³/mol. The van der Waals surface area contributed by atoms with Crippen LogP contribution in [0.15, 0.2) is 84.1 Å². The average molecular weight is 432 g/mol. The number of rotatable bonds is 11. The Hall–Kier alpha value is -2.65. The Balaban J connectivity index is 1.88. The van der Waals surface area contributed by atoms with Gasteiger partial charge in [0.2, 0.25) is 0 Å². The fourth-order valence-electron chi connectivity index (χ4n) is 4.58. The fourth-order valence-corrected chi connectivity index (χ4v) is 4.58. The average Bonchev–Trinajstić information content (AvgIpc) is 2.81. The topological polar surface area (TPSA) is 29.5 Å². The second-order valence-electron chi connectivity index (χ2n) is 9.18. The molecule has 0 fully saturated rings. The first-order valence-corrected chi connectivity index (χ1v) is 11.8. The van der Waals surface area contributed by atoms with Crippen LogP contribution < -0.4 is 0 Å². The van der Waals surface area contributed by atoms with Crippen molar-refractivity contribution in [1.29, 1.82) is 0 Å². The van der Waals surface area contributed by atoms with Gasteiger partial charge in [-0.3, -0.25) is 4.90 Å².